The Labute approximate surface area is 101 Å². The summed E-state index contributed by atoms with van der Waals surface area (Å²) in [5.41, 5.74) is 0. The van der Waals surface area contributed by atoms with Crippen LogP contribution in [0.25, 0.3) is 10.8 Å². The molecule has 1 aliphatic heterocycles. The predicted octanol–water partition coefficient (Wildman–Crippen LogP) is 1.11. The van der Waals surface area contributed by atoms with Crippen LogP contribution in [0.4, 0.5) is 0 Å². The molecule has 3 rings (SSSR count). The first kappa shape index (κ1) is 10.1. The monoisotopic (exact) mass is 256 g/mol. The van der Waals surface area contributed by atoms with E-state index in [0.29, 0.717) is 0 Å². The summed E-state index contributed by atoms with van der Waals surface area (Å²) in [5, 5.41) is 12.6. The first-order valence-corrected chi connectivity index (χ1v) is 6.07. The van der Waals surface area contributed by atoms with E-state index in [1.165, 1.54) is 11.5 Å². The molecule has 0 aromatic carbocycles. The Kier molecular flexibility index (Phi) is 2.38. The molecule has 0 saturated heterocycles. The van der Waals surface area contributed by atoms with E-state index in [1.807, 2.05) is 0 Å². The van der Waals surface area contributed by atoms with E-state index in [9.17, 15) is 0 Å². The minimum Gasteiger partial charge on any atom is -0.306 e. The summed E-state index contributed by atoms with van der Waals surface area (Å²) < 4.78 is 6.01. The first-order valence-electron chi connectivity index (χ1n) is 4.92. The largest absolute Gasteiger partial charge is 0.306 e. The number of fused-ring (bicyclic) bond motifs is 1. The van der Waals surface area contributed by atoms with Gasteiger partial charge in [-0.2, -0.15) is 4.37 Å². The third-order valence-corrected chi connectivity index (χ3v) is 3.53. The molecule has 1 N–H and O–H groups in total. The molecule has 0 bridgehead atoms. The van der Waals surface area contributed by atoms with Crippen molar-refractivity contribution in [3.63, 3.8) is 0 Å². The van der Waals surface area contributed by atoms with E-state index in [4.69, 9.17) is 11.6 Å². The first-order chi connectivity index (χ1) is 7.75. The van der Waals surface area contributed by atoms with Gasteiger partial charge in [0.2, 0.25) is 5.28 Å². The fraction of sp³-hybridized carbons (Fsp3) is 0.500. The number of halogens is 1. The Hall–Kier alpha value is -1.05. The van der Waals surface area contributed by atoms with E-state index < -0.39 is 0 Å². The molecule has 6 nitrogen and oxygen atoms in total. The van der Waals surface area contributed by atoms with E-state index in [0.717, 1.165) is 29.7 Å². The van der Waals surface area contributed by atoms with Gasteiger partial charge in [0.15, 0.2) is 10.8 Å². The van der Waals surface area contributed by atoms with Crippen LogP contribution in [-0.2, 0) is 6.54 Å². The number of hydrogen-bond donors (Lipinski definition) is 1. The van der Waals surface area contributed by atoms with Crippen LogP contribution in [0.15, 0.2) is 0 Å². The van der Waals surface area contributed by atoms with E-state index in [1.54, 1.807) is 0 Å². The van der Waals surface area contributed by atoms with Crippen LogP contribution in [0.2, 0.25) is 5.28 Å². The van der Waals surface area contributed by atoms with Crippen molar-refractivity contribution in [1.82, 2.24) is 29.4 Å². The second-order valence-electron chi connectivity index (χ2n) is 3.58. The van der Waals surface area contributed by atoms with Gasteiger partial charge in [0.1, 0.15) is 5.82 Å². The molecule has 0 spiro atoms. The van der Waals surface area contributed by atoms with Gasteiger partial charge in [-0.15, -0.1) is 10.2 Å². The highest BCUT2D eigenvalue weighted by Gasteiger charge is 2.23. The molecule has 0 saturated carbocycles. The molecule has 2 aromatic heterocycles. The average molecular weight is 257 g/mol. The van der Waals surface area contributed by atoms with Crippen molar-refractivity contribution in [2.75, 3.05) is 6.54 Å². The molecular weight excluding hydrogens is 248 g/mol. The molecule has 84 valence electrons. The highest BCUT2D eigenvalue weighted by Crippen LogP contribution is 2.25. The Morgan fingerprint density at radius 2 is 2.38 bits per heavy atom. The summed E-state index contributed by atoms with van der Waals surface area (Å²) >= 11 is 6.95. The zero-order chi connectivity index (χ0) is 11.1. The van der Waals surface area contributed by atoms with Crippen LogP contribution in [0.1, 0.15) is 18.8 Å². The molecular formula is C8H9ClN6S. The fourth-order valence-corrected chi connectivity index (χ4v) is 2.60. The minimum atomic E-state index is 0.221. The van der Waals surface area contributed by atoms with Crippen LogP contribution in [0.3, 0.4) is 0 Å². The van der Waals surface area contributed by atoms with Gasteiger partial charge < -0.3 is 9.88 Å². The molecule has 1 aliphatic rings. The number of nitrogens with one attached hydrogen (secondary N) is 1. The van der Waals surface area contributed by atoms with E-state index in [2.05, 4.69) is 36.4 Å². The summed E-state index contributed by atoms with van der Waals surface area (Å²) in [6.45, 7) is 3.82. The summed E-state index contributed by atoms with van der Waals surface area (Å²) in [6.07, 6.45) is 0. The second kappa shape index (κ2) is 3.76. The van der Waals surface area contributed by atoms with Crippen LogP contribution in [0.5, 0.6) is 0 Å². The van der Waals surface area contributed by atoms with Gasteiger partial charge in [-0.25, -0.2) is 4.98 Å². The van der Waals surface area contributed by atoms with Gasteiger partial charge >= 0.3 is 0 Å². The topological polar surface area (TPSA) is 68.5 Å². The van der Waals surface area contributed by atoms with Gasteiger partial charge in [-0.05, 0) is 30.1 Å². The normalized spacial score (nSPS) is 19.8. The molecule has 8 heteroatoms. The summed E-state index contributed by atoms with van der Waals surface area (Å²) in [4.78, 5) is 4.12. The zero-order valence-corrected chi connectivity index (χ0v) is 10.1. The maximum atomic E-state index is 5.71. The van der Waals surface area contributed by atoms with Gasteiger partial charge in [0.05, 0.1) is 6.04 Å². The lowest BCUT2D eigenvalue weighted by molar-refractivity contribution is 0.439. The smallest absolute Gasteiger partial charge is 0.234 e. The molecule has 16 heavy (non-hydrogen) atoms. The van der Waals surface area contributed by atoms with Crippen LogP contribution < -0.4 is 5.32 Å². The number of hydrogen-bond acceptors (Lipinski definition) is 6. The number of nitrogens with zero attached hydrogens (tertiary/aromatic N) is 5. The molecule has 1 atom stereocenters. The standard InChI is InChI=1S/C8H9ClN6S/c1-4-5-12-13-6(15(5)3-2-10-4)7-11-8(9)14-16-7/h4,10H,2-3H2,1H3/t4-/m1/s1. The lowest BCUT2D eigenvalue weighted by atomic mass is 10.2. The van der Waals surface area contributed by atoms with Crippen molar-refractivity contribution in [3.8, 4) is 10.8 Å². The molecule has 3 heterocycles. The Bertz CT molecular complexity index is 520. The molecule has 2 aromatic rings. The lowest BCUT2D eigenvalue weighted by Gasteiger charge is -2.21. The highest BCUT2D eigenvalue weighted by atomic mass is 35.5. The lowest BCUT2D eigenvalue weighted by Crippen LogP contribution is -2.32. The Morgan fingerprint density at radius 3 is 3.12 bits per heavy atom. The molecule has 0 aliphatic carbocycles. The third kappa shape index (κ3) is 1.51. The highest BCUT2D eigenvalue weighted by molar-refractivity contribution is 7.09. The van der Waals surface area contributed by atoms with Crippen molar-refractivity contribution in [2.45, 2.75) is 19.5 Å². The summed E-state index contributed by atoms with van der Waals surface area (Å²) in [7, 11) is 0. The van der Waals surface area contributed by atoms with Crippen molar-refractivity contribution in [3.05, 3.63) is 11.1 Å². The van der Waals surface area contributed by atoms with Crippen LogP contribution in [0, 0.1) is 0 Å². The van der Waals surface area contributed by atoms with Crippen molar-refractivity contribution in [1.29, 1.82) is 0 Å². The van der Waals surface area contributed by atoms with E-state index in [-0.39, 0.29) is 11.3 Å². The van der Waals surface area contributed by atoms with E-state index >= 15 is 0 Å². The predicted molar refractivity (Wildman–Crippen MR) is 60.4 cm³/mol. The number of aromatic nitrogens is 5. The van der Waals surface area contributed by atoms with Crippen molar-refractivity contribution >= 4 is 23.1 Å². The van der Waals surface area contributed by atoms with Gasteiger partial charge in [-0.1, -0.05) is 0 Å². The molecule has 0 fully saturated rings. The maximum absolute atomic E-state index is 5.71. The fourth-order valence-electron chi connectivity index (χ4n) is 1.79. The second-order valence-corrected chi connectivity index (χ2v) is 4.67. The van der Waals surface area contributed by atoms with Gasteiger partial charge in [0, 0.05) is 13.1 Å². The zero-order valence-electron chi connectivity index (χ0n) is 8.51. The third-order valence-electron chi connectivity index (χ3n) is 2.55. The van der Waals surface area contributed by atoms with Gasteiger partial charge in [-0.3, -0.25) is 0 Å². The number of rotatable bonds is 1. The molecule has 0 radical (unpaired) electrons. The molecule has 0 unspecified atom stereocenters. The SMILES string of the molecule is C[C@H]1NCCn2c(-c3nc(Cl)ns3)nnc21. The van der Waals surface area contributed by atoms with Crippen molar-refractivity contribution < 1.29 is 0 Å². The van der Waals surface area contributed by atoms with Crippen LogP contribution >= 0.6 is 23.1 Å². The summed E-state index contributed by atoms with van der Waals surface area (Å²) in [6, 6.07) is 0.221. The maximum Gasteiger partial charge on any atom is 0.234 e. The quantitative estimate of drug-likeness (QED) is 0.828. The average Bonchev–Trinajstić information content (AvgIpc) is 2.84. The van der Waals surface area contributed by atoms with Gasteiger partial charge in [0.25, 0.3) is 0 Å². The Balaban J connectivity index is 2.09. The Morgan fingerprint density at radius 1 is 1.50 bits per heavy atom. The minimum absolute atomic E-state index is 0.221. The van der Waals surface area contributed by atoms with Crippen LogP contribution in [-0.4, -0.2) is 30.7 Å². The van der Waals surface area contributed by atoms with Crippen molar-refractivity contribution in [2.24, 2.45) is 0 Å². The summed E-state index contributed by atoms with van der Waals surface area (Å²) in [5.74, 6) is 1.69. The molecule has 0 amide bonds.